The first-order valence-electron chi connectivity index (χ1n) is 5.12. The molecule has 0 aliphatic heterocycles. The first kappa shape index (κ1) is 21.9. The minimum atomic E-state index is 0.750. The van der Waals surface area contributed by atoms with E-state index in [1.54, 1.807) is 0 Å². The summed E-state index contributed by atoms with van der Waals surface area (Å²) in [7, 11) is 1.50. The molecule has 0 aromatic rings. The molecule has 0 radical (unpaired) electrons. The Labute approximate surface area is 120 Å². The van der Waals surface area contributed by atoms with Crippen LogP contribution in [0.2, 0.25) is 0 Å². The number of allylic oxidation sites excluding steroid dienone is 8. The van der Waals surface area contributed by atoms with Crippen LogP contribution in [0.1, 0.15) is 19.8 Å². The summed E-state index contributed by atoms with van der Waals surface area (Å²) in [6, 6.07) is 0. The molecule has 2 aliphatic carbocycles. The Morgan fingerprint density at radius 1 is 0.941 bits per heavy atom. The minimum absolute atomic E-state index is 0.750. The van der Waals surface area contributed by atoms with Crippen molar-refractivity contribution in [3.63, 3.8) is 0 Å². The Bertz CT molecular complexity index is 186. The van der Waals surface area contributed by atoms with Gasteiger partial charge in [0.15, 0.2) is 0 Å². The van der Waals surface area contributed by atoms with E-state index in [1.807, 2.05) is 31.2 Å². The number of rotatable bonds is 0. The van der Waals surface area contributed by atoms with Gasteiger partial charge < -0.3 is 10.2 Å². The fourth-order valence-corrected chi connectivity index (χ4v) is 0.680. The van der Waals surface area contributed by atoms with Crippen molar-refractivity contribution in [1.29, 1.82) is 0 Å². The van der Waals surface area contributed by atoms with E-state index in [4.69, 9.17) is 10.2 Å². The Balaban J connectivity index is -0.000000155. The van der Waals surface area contributed by atoms with Crippen molar-refractivity contribution in [2.24, 2.45) is 0 Å². The summed E-state index contributed by atoms with van der Waals surface area (Å²) >= 11 is 1.51. The summed E-state index contributed by atoms with van der Waals surface area (Å²) in [5.41, 5.74) is 0. The third-order valence-electron chi connectivity index (χ3n) is 1.17. The SMILES string of the molecule is C[CH]=[Zr+2].C[O-].C[O-].[C-]1=CC=CC1.[C-]1=CC=CC1. The van der Waals surface area contributed by atoms with E-state index in [0.717, 1.165) is 27.1 Å². The van der Waals surface area contributed by atoms with Crippen molar-refractivity contribution in [2.75, 3.05) is 14.2 Å². The molecular formula is C14H20O2Zr-2. The summed E-state index contributed by atoms with van der Waals surface area (Å²) in [6.07, 6.45) is 20.0. The van der Waals surface area contributed by atoms with Crippen LogP contribution in [-0.4, -0.2) is 17.9 Å². The van der Waals surface area contributed by atoms with Gasteiger partial charge in [0.05, 0.1) is 0 Å². The van der Waals surface area contributed by atoms with Crippen LogP contribution < -0.4 is 10.2 Å². The van der Waals surface area contributed by atoms with Crippen molar-refractivity contribution < 1.29 is 34.4 Å². The zero-order valence-corrected chi connectivity index (χ0v) is 13.2. The molecule has 0 N–H and O–H groups in total. The van der Waals surface area contributed by atoms with Crippen molar-refractivity contribution in [2.45, 2.75) is 19.8 Å². The topological polar surface area (TPSA) is 46.1 Å². The van der Waals surface area contributed by atoms with E-state index < -0.39 is 0 Å². The molecule has 0 spiro atoms. The van der Waals surface area contributed by atoms with Gasteiger partial charge in [0.2, 0.25) is 0 Å². The van der Waals surface area contributed by atoms with Gasteiger partial charge in [-0.05, 0) is 0 Å². The molecule has 2 rings (SSSR count). The van der Waals surface area contributed by atoms with E-state index >= 15 is 0 Å². The Morgan fingerprint density at radius 3 is 1.29 bits per heavy atom. The number of hydrogen-bond acceptors (Lipinski definition) is 2. The molecule has 0 unspecified atom stereocenters. The van der Waals surface area contributed by atoms with Gasteiger partial charge in [-0.1, -0.05) is 0 Å². The maximum Gasteiger partial charge on any atom is -0.109 e. The third kappa shape index (κ3) is 31.3. The van der Waals surface area contributed by atoms with Crippen molar-refractivity contribution in [3.8, 4) is 0 Å². The first-order valence-corrected chi connectivity index (χ1v) is 6.54. The van der Waals surface area contributed by atoms with Gasteiger partial charge in [0.25, 0.3) is 0 Å². The smallest absolute Gasteiger partial charge is 0.109 e. The molecule has 3 heteroatoms. The van der Waals surface area contributed by atoms with Gasteiger partial charge in [-0.15, -0.1) is 12.8 Å². The standard InChI is InChI=1S/2C5H5.C2H4.2CH3O.Zr/c2*1-2-4-5-3-1;3*1-2;/h2*1-3H,4H2;1H,2H3;2*1H3;/q2*-1;;2*-1;+2. The largest absolute Gasteiger partial charge is 0.857 e. The molecule has 0 bridgehead atoms. The van der Waals surface area contributed by atoms with Crippen LogP contribution in [0.5, 0.6) is 0 Å². The summed E-state index contributed by atoms with van der Waals surface area (Å²) in [5, 5.41) is 16.5. The average Bonchev–Trinajstić information content (AvgIpc) is 3.13. The molecular weight excluding hydrogens is 291 g/mol. The summed E-state index contributed by atoms with van der Waals surface area (Å²) in [5.74, 6) is 0. The van der Waals surface area contributed by atoms with Crippen LogP contribution in [0, 0.1) is 12.2 Å². The molecule has 0 saturated heterocycles. The Morgan fingerprint density at radius 2 is 1.24 bits per heavy atom. The quantitative estimate of drug-likeness (QED) is 0.625. The molecule has 0 saturated carbocycles. The van der Waals surface area contributed by atoms with Gasteiger partial charge >= 0.3 is 34.9 Å². The monoisotopic (exact) mass is 310 g/mol. The zero-order chi connectivity index (χ0) is 13.8. The van der Waals surface area contributed by atoms with Crippen molar-refractivity contribution >= 4 is 3.71 Å². The second-order valence-corrected chi connectivity index (χ2v) is 3.71. The molecule has 94 valence electrons. The summed E-state index contributed by atoms with van der Waals surface area (Å²) in [4.78, 5) is 0. The maximum atomic E-state index is 8.25. The molecule has 17 heavy (non-hydrogen) atoms. The maximum absolute atomic E-state index is 8.25. The fraction of sp³-hybridized carbons (Fsp3) is 0.357. The van der Waals surface area contributed by atoms with Gasteiger partial charge in [0.1, 0.15) is 0 Å². The molecule has 2 nitrogen and oxygen atoms in total. The van der Waals surface area contributed by atoms with Crippen LogP contribution >= 0.6 is 0 Å². The summed E-state index contributed by atoms with van der Waals surface area (Å²) < 4.78 is 2.09. The van der Waals surface area contributed by atoms with Crippen molar-refractivity contribution in [3.05, 3.63) is 48.6 Å². The van der Waals surface area contributed by atoms with E-state index in [9.17, 15) is 0 Å². The van der Waals surface area contributed by atoms with Crippen molar-refractivity contribution in [1.82, 2.24) is 0 Å². The van der Waals surface area contributed by atoms with Crippen LogP contribution in [0.4, 0.5) is 0 Å². The predicted octanol–water partition coefficient (Wildman–Crippen LogP) is 0.920. The molecule has 0 amide bonds. The molecule has 0 atom stereocenters. The van der Waals surface area contributed by atoms with Crippen LogP contribution in [0.25, 0.3) is 0 Å². The van der Waals surface area contributed by atoms with Gasteiger partial charge in [-0.25, -0.2) is 24.3 Å². The molecule has 0 aromatic carbocycles. The van der Waals surface area contributed by atoms with Crippen LogP contribution in [0.15, 0.2) is 36.5 Å². The second-order valence-electron chi connectivity index (χ2n) is 2.29. The van der Waals surface area contributed by atoms with E-state index in [-0.39, 0.29) is 0 Å². The van der Waals surface area contributed by atoms with Gasteiger partial charge in [-0.3, -0.25) is 12.2 Å². The fourth-order valence-electron chi connectivity index (χ4n) is 0.680. The van der Waals surface area contributed by atoms with Crippen LogP contribution in [-0.2, 0) is 24.2 Å². The minimum Gasteiger partial charge on any atom is -0.857 e. The Kier molecular flexibility index (Phi) is 38.1. The van der Waals surface area contributed by atoms with E-state index in [1.165, 1.54) is 24.2 Å². The molecule has 0 fully saturated rings. The van der Waals surface area contributed by atoms with Gasteiger partial charge in [-0.2, -0.15) is 26.4 Å². The van der Waals surface area contributed by atoms with Gasteiger partial charge in [0, 0.05) is 0 Å². The average molecular weight is 312 g/mol. The normalized spacial score (nSPS) is 11.9. The van der Waals surface area contributed by atoms with E-state index in [2.05, 4.69) is 28.0 Å². The van der Waals surface area contributed by atoms with Crippen LogP contribution in [0.3, 0.4) is 0 Å². The Hall–Kier alpha value is -0.367. The first-order chi connectivity index (χ1) is 8.41. The molecule has 0 heterocycles. The molecule has 2 aliphatic rings. The second kappa shape index (κ2) is 29.6. The predicted molar refractivity (Wildman–Crippen MR) is 66.7 cm³/mol. The number of hydrogen-bond donors (Lipinski definition) is 0. The third-order valence-corrected chi connectivity index (χ3v) is 1.17. The zero-order valence-electron chi connectivity index (χ0n) is 10.8. The summed E-state index contributed by atoms with van der Waals surface area (Å²) in [6.45, 7) is 2.04. The van der Waals surface area contributed by atoms with E-state index in [0.29, 0.717) is 0 Å². The molecule has 0 aromatic heterocycles.